The van der Waals surface area contributed by atoms with Crippen LogP contribution in [-0.2, 0) is 22.5 Å². The van der Waals surface area contributed by atoms with E-state index in [1.807, 2.05) is 13.8 Å². The van der Waals surface area contributed by atoms with E-state index in [1.165, 1.54) is 0 Å². The van der Waals surface area contributed by atoms with Crippen molar-refractivity contribution in [3.63, 3.8) is 0 Å². The molecule has 106 valence electrons. The van der Waals surface area contributed by atoms with Gasteiger partial charge in [0.1, 0.15) is 0 Å². The van der Waals surface area contributed by atoms with Gasteiger partial charge in [-0.3, -0.25) is 4.79 Å². The lowest BCUT2D eigenvalue weighted by molar-refractivity contribution is -0.133. The lowest BCUT2D eigenvalue weighted by Gasteiger charge is -2.20. The number of hydrogen-bond acceptors (Lipinski definition) is 5. The Morgan fingerprint density at radius 2 is 2.16 bits per heavy atom. The fourth-order valence-electron chi connectivity index (χ4n) is 2.16. The third kappa shape index (κ3) is 3.76. The molecule has 1 atom stereocenters. The quantitative estimate of drug-likeness (QED) is 0.779. The Balaban J connectivity index is 1.89. The number of ether oxygens (including phenoxy) is 1. The Morgan fingerprint density at radius 3 is 2.74 bits per heavy atom. The summed E-state index contributed by atoms with van der Waals surface area (Å²) in [4.78, 5) is 13.9. The Kier molecular flexibility index (Phi) is 4.90. The van der Waals surface area contributed by atoms with Crippen molar-refractivity contribution in [1.82, 2.24) is 15.1 Å². The van der Waals surface area contributed by atoms with Crippen LogP contribution in [0.2, 0.25) is 0 Å². The SMILES string of the molecule is CCc1nnc(CN(CC)C(=O)CC2CCOC2)o1. The van der Waals surface area contributed by atoms with Gasteiger partial charge in [0.15, 0.2) is 0 Å². The van der Waals surface area contributed by atoms with E-state index in [9.17, 15) is 4.79 Å². The molecule has 1 unspecified atom stereocenters. The maximum absolute atomic E-state index is 12.2. The molecule has 6 heteroatoms. The molecule has 1 saturated heterocycles. The molecule has 0 radical (unpaired) electrons. The van der Waals surface area contributed by atoms with Crippen LogP contribution in [0.3, 0.4) is 0 Å². The number of aryl methyl sites for hydroxylation is 1. The van der Waals surface area contributed by atoms with Crippen LogP contribution in [0, 0.1) is 5.92 Å². The van der Waals surface area contributed by atoms with Crippen LogP contribution < -0.4 is 0 Å². The van der Waals surface area contributed by atoms with Gasteiger partial charge in [0.05, 0.1) is 6.54 Å². The predicted octanol–water partition coefficient (Wildman–Crippen LogP) is 1.41. The van der Waals surface area contributed by atoms with E-state index in [1.54, 1.807) is 4.90 Å². The minimum Gasteiger partial charge on any atom is -0.423 e. The Hall–Kier alpha value is -1.43. The highest BCUT2D eigenvalue weighted by atomic mass is 16.5. The standard InChI is InChI=1S/C13H21N3O3/c1-3-11-14-15-12(19-11)8-16(4-2)13(17)7-10-5-6-18-9-10/h10H,3-9H2,1-2H3. The molecule has 1 amide bonds. The average Bonchev–Trinajstić information content (AvgIpc) is 3.06. The molecule has 1 aliphatic heterocycles. The van der Waals surface area contributed by atoms with Crippen molar-refractivity contribution in [1.29, 1.82) is 0 Å². The molecule has 1 fully saturated rings. The molecular weight excluding hydrogens is 246 g/mol. The van der Waals surface area contributed by atoms with E-state index in [4.69, 9.17) is 9.15 Å². The maximum Gasteiger partial charge on any atom is 0.235 e. The number of carbonyl (C=O) groups excluding carboxylic acids is 1. The van der Waals surface area contributed by atoms with Crippen LogP contribution in [-0.4, -0.2) is 40.8 Å². The third-order valence-electron chi connectivity index (χ3n) is 3.36. The minimum atomic E-state index is 0.134. The van der Waals surface area contributed by atoms with Gasteiger partial charge in [-0.05, 0) is 19.3 Å². The fraction of sp³-hybridized carbons (Fsp3) is 0.769. The first-order valence-corrected chi connectivity index (χ1v) is 6.89. The van der Waals surface area contributed by atoms with Crippen molar-refractivity contribution < 1.29 is 13.9 Å². The molecule has 1 aromatic heterocycles. The molecule has 0 N–H and O–H groups in total. The molecule has 6 nitrogen and oxygen atoms in total. The first kappa shape index (κ1) is 14.0. The minimum absolute atomic E-state index is 0.134. The van der Waals surface area contributed by atoms with E-state index in [2.05, 4.69) is 10.2 Å². The largest absolute Gasteiger partial charge is 0.423 e. The molecular formula is C13H21N3O3. The summed E-state index contributed by atoms with van der Waals surface area (Å²) in [6.07, 6.45) is 2.24. The van der Waals surface area contributed by atoms with Gasteiger partial charge in [-0.2, -0.15) is 0 Å². The van der Waals surface area contributed by atoms with Crippen LogP contribution in [0.4, 0.5) is 0 Å². The van der Waals surface area contributed by atoms with Crippen molar-refractivity contribution in [2.75, 3.05) is 19.8 Å². The van der Waals surface area contributed by atoms with E-state index >= 15 is 0 Å². The van der Waals surface area contributed by atoms with E-state index in [0.717, 1.165) is 13.0 Å². The van der Waals surface area contributed by atoms with E-state index < -0.39 is 0 Å². The van der Waals surface area contributed by atoms with Gasteiger partial charge in [0.2, 0.25) is 17.7 Å². The van der Waals surface area contributed by atoms with E-state index in [-0.39, 0.29) is 5.91 Å². The summed E-state index contributed by atoms with van der Waals surface area (Å²) < 4.78 is 10.7. The summed E-state index contributed by atoms with van der Waals surface area (Å²) in [7, 11) is 0. The smallest absolute Gasteiger partial charge is 0.235 e. The molecule has 0 bridgehead atoms. The van der Waals surface area contributed by atoms with Gasteiger partial charge in [0, 0.05) is 32.6 Å². The third-order valence-corrected chi connectivity index (χ3v) is 3.36. The van der Waals surface area contributed by atoms with Crippen molar-refractivity contribution in [3.05, 3.63) is 11.8 Å². The average molecular weight is 267 g/mol. The number of rotatable bonds is 6. The lowest BCUT2D eigenvalue weighted by atomic mass is 10.0. The van der Waals surface area contributed by atoms with Gasteiger partial charge in [-0.25, -0.2) is 0 Å². The van der Waals surface area contributed by atoms with Gasteiger partial charge in [0.25, 0.3) is 0 Å². The Labute approximate surface area is 113 Å². The highest BCUT2D eigenvalue weighted by molar-refractivity contribution is 5.76. The summed E-state index contributed by atoms with van der Waals surface area (Å²) in [6.45, 7) is 6.43. The number of hydrogen-bond donors (Lipinski definition) is 0. The summed E-state index contributed by atoms with van der Waals surface area (Å²) in [5.74, 6) is 1.61. The monoisotopic (exact) mass is 267 g/mol. The van der Waals surface area contributed by atoms with Crippen molar-refractivity contribution in [2.45, 2.75) is 39.7 Å². The van der Waals surface area contributed by atoms with Crippen LogP contribution in [0.5, 0.6) is 0 Å². The zero-order valence-electron chi connectivity index (χ0n) is 11.6. The van der Waals surface area contributed by atoms with Crippen molar-refractivity contribution in [2.24, 2.45) is 5.92 Å². The summed E-state index contributed by atoms with van der Waals surface area (Å²) in [6, 6.07) is 0. The van der Waals surface area contributed by atoms with E-state index in [0.29, 0.717) is 50.2 Å². The Bertz CT molecular complexity index is 413. The number of carbonyl (C=O) groups is 1. The zero-order chi connectivity index (χ0) is 13.7. The second-order valence-electron chi connectivity index (χ2n) is 4.78. The molecule has 19 heavy (non-hydrogen) atoms. The van der Waals surface area contributed by atoms with Gasteiger partial charge < -0.3 is 14.1 Å². The normalized spacial score (nSPS) is 18.7. The molecule has 2 rings (SSSR count). The number of amides is 1. The second-order valence-corrected chi connectivity index (χ2v) is 4.78. The topological polar surface area (TPSA) is 68.5 Å². The van der Waals surface area contributed by atoms with Gasteiger partial charge in [-0.1, -0.05) is 6.92 Å². The van der Waals surface area contributed by atoms with Crippen LogP contribution in [0.25, 0.3) is 0 Å². The summed E-state index contributed by atoms with van der Waals surface area (Å²) >= 11 is 0. The molecule has 0 aromatic carbocycles. The first-order valence-electron chi connectivity index (χ1n) is 6.89. The molecule has 2 heterocycles. The van der Waals surface area contributed by atoms with Gasteiger partial charge >= 0.3 is 0 Å². The van der Waals surface area contributed by atoms with Crippen LogP contribution in [0.15, 0.2) is 4.42 Å². The molecule has 1 aliphatic rings. The summed E-state index contributed by atoms with van der Waals surface area (Å²) in [5, 5.41) is 7.86. The van der Waals surface area contributed by atoms with Crippen molar-refractivity contribution >= 4 is 5.91 Å². The highest BCUT2D eigenvalue weighted by Gasteiger charge is 2.23. The molecule has 1 aromatic rings. The van der Waals surface area contributed by atoms with Gasteiger partial charge in [-0.15, -0.1) is 10.2 Å². The maximum atomic E-state index is 12.2. The molecule has 0 saturated carbocycles. The first-order chi connectivity index (χ1) is 9.22. The number of aromatic nitrogens is 2. The van der Waals surface area contributed by atoms with Crippen molar-refractivity contribution in [3.8, 4) is 0 Å². The fourth-order valence-corrected chi connectivity index (χ4v) is 2.16. The Morgan fingerprint density at radius 1 is 1.37 bits per heavy atom. The van der Waals surface area contributed by atoms with Crippen LogP contribution >= 0.6 is 0 Å². The zero-order valence-corrected chi connectivity index (χ0v) is 11.6. The number of nitrogens with zero attached hydrogens (tertiary/aromatic N) is 3. The predicted molar refractivity (Wildman–Crippen MR) is 68.3 cm³/mol. The highest BCUT2D eigenvalue weighted by Crippen LogP contribution is 2.18. The second kappa shape index (κ2) is 6.65. The summed E-state index contributed by atoms with van der Waals surface area (Å²) in [5.41, 5.74) is 0. The van der Waals surface area contributed by atoms with Crippen LogP contribution in [0.1, 0.15) is 38.5 Å². The molecule has 0 aliphatic carbocycles. The molecule has 0 spiro atoms. The lowest BCUT2D eigenvalue weighted by Crippen LogP contribution is -2.32.